The highest BCUT2D eigenvalue weighted by Crippen LogP contribution is 2.43. The van der Waals surface area contributed by atoms with E-state index in [1.807, 2.05) is 0 Å². The van der Waals surface area contributed by atoms with Crippen LogP contribution in [0.15, 0.2) is 67.3 Å². The van der Waals surface area contributed by atoms with E-state index in [0.717, 1.165) is 12.3 Å². The Balaban J connectivity index is 0.000000206. The molecule has 3 saturated carbocycles. The molecule has 392 valence electrons. The number of carbonyl (C=O) groups excluding carboxylic acids is 1. The molecule has 3 aliphatic carbocycles. The second kappa shape index (κ2) is 23.8. The Kier molecular flexibility index (Phi) is 19.6. The van der Waals surface area contributed by atoms with Gasteiger partial charge in [-0.25, -0.2) is 26.3 Å². The van der Waals surface area contributed by atoms with Crippen LogP contribution in [0.5, 0.6) is 0 Å². The quantitative estimate of drug-likeness (QED) is 0.0822. The zero-order valence-electron chi connectivity index (χ0n) is 38.9. The molecule has 3 fully saturated rings. The number of aliphatic hydroxyl groups is 3. The Hall–Kier alpha value is -3.44. The summed E-state index contributed by atoms with van der Waals surface area (Å²) in [6, 6.07) is 7.60. The number of hydrogen-bond acceptors (Lipinski definition) is 11. The van der Waals surface area contributed by atoms with E-state index in [0.29, 0.717) is 47.1 Å². The summed E-state index contributed by atoms with van der Waals surface area (Å²) in [5.41, 5.74) is 1.20. The summed E-state index contributed by atoms with van der Waals surface area (Å²) in [5.74, 6) is -0.963. The first-order chi connectivity index (χ1) is 33.0. The standard InChI is InChI=1S/C19H17Cl2F4N3O2.C16H24ClFN2O3S.C12H16ClFN2O/c20-10-3-7-26-13(9-10)15(18(30)5-1-11(22)2-6-18)28-17(29)12-4-8-27-16(14(12)21)19(23,24)25;1-15(2,3)24(22,23)20-14(13-10-11(17)6-9-19-13)16(21)7-4-12(18)5-8-16;13-8-3-6-16-10(7-8)11(15)12(17)4-1-9(14)2-5-12/h3-4,7-9,11,15,30H,1-2,5-6H2,(H,28,29);6,9-10,12,14,20-21H,4-5,7-8H2,1-3H3;3,6-7,9,11,17H,1-2,4-5,15H2. The van der Waals surface area contributed by atoms with E-state index in [-0.39, 0.29) is 62.1 Å². The molecule has 3 aliphatic rings. The van der Waals surface area contributed by atoms with Crippen LogP contribution in [0, 0.1) is 0 Å². The fourth-order valence-electron chi connectivity index (χ4n) is 8.45. The van der Waals surface area contributed by atoms with Crippen molar-refractivity contribution >= 4 is 62.3 Å². The maximum absolute atomic E-state index is 13.6. The van der Waals surface area contributed by atoms with Gasteiger partial charge in [0, 0.05) is 39.9 Å². The highest BCUT2D eigenvalue weighted by atomic mass is 35.5. The summed E-state index contributed by atoms with van der Waals surface area (Å²) in [6.07, 6.45) is -0.254. The Morgan fingerprint density at radius 1 is 0.648 bits per heavy atom. The van der Waals surface area contributed by atoms with E-state index in [1.165, 1.54) is 30.6 Å². The lowest BCUT2D eigenvalue weighted by atomic mass is 9.77. The molecule has 3 atom stereocenters. The minimum atomic E-state index is -4.85. The van der Waals surface area contributed by atoms with Gasteiger partial charge in [0.25, 0.3) is 5.91 Å². The molecule has 7 N–H and O–H groups in total. The van der Waals surface area contributed by atoms with Crippen molar-refractivity contribution in [3.8, 4) is 0 Å². The molecule has 4 heterocycles. The number of alkyl halides is 6. The average Bonchev–Trinajstić information content (AvgIpc) is 3.30. The topological polar surface area (TPSA) is 214 Å². The van der Waals surface area contributed by atoms with Gasteiger partial charge in [0.2, 0.25) is 10.0 Å². The second-order valence-corrected chi connectivity index (χ2v) is 23.3. The van der Waals surface area contributed by atoms with E-state index in [9.17, 15) is 54.9 Å². The van der Waals surface area contributed by atoms with Crippen LogP contribution in [-0.4, -0.2) is 89.6 Å². The predicted molar refractivity (Wildman–Crippen MR) is 259 cm³/mol. The third-order valence-electron chi connectivity index (χ3n) is 12.9. The minimum absolute atomic E-state index is 0.0190. The summed E-state index contributed by atoms with van der Waals surface area (Å²) in [4.78, 5) is 28.4. The Labute approximate surface area is 428 Å². The van der Waals surface area contributed by atoms with Crippen molar-refractivity contribution in [2.75, 3.05) is 0 Å². The number of sulfonamides is 1. The van der Waals surface area contributed by atoms with Gasteiger partial charge in [0.05, 0.1) is 61.3 Å². The molecule has 0 saturated heterocycles. The summed E-state index contributed by atoms with van der Waals surface area (Å²) >= 11 is 23.6. The lowest BCUT2D eigenvalue weighted by Gasteiger charge is -2.40. The fourth-order valence-corrected chi connectivity index (χ4v) is 10.3. The van der Waals surface area contributed by atoms with Crippen LogP contribution in [0.1, 0.15) is 149 Å². The number of pyridine rings is 4. The van der Waals surface area contributed by atoms with Crippen LogP contribution in [-0.2, 0) is 16.2 Å². The number of aromatic nitrogens is 4. The molecule has 7 rings (SSSR count). The molecule has 0 bridgehead atoms. The van der Waals surface area contributed by atoms with E-state index in [4.69, 9.17) is 52.1 Å². The van der Waals surface area contributed by atoms with Crippen LogP contribution in [0.3, 0.4) is 0 Å². The van der Waals surface area contributed by atoms with Crippen molar-refractivity contribution in [2.24, 2.45) is 5.73 Å². The highest BCUT2D eigenvalue weighted by Gasteiger charge is 2.47. The maximum Gasteiger partial charge on any atom is 0.434 e. The minimum Gasteiger partial charge on any atom is -0.388 e. The number of halogens is 10. The molecule has 71 heavy (non-hydrogen) atoms. The first kappa shape index (κ1) is 58.4. The van der Waals surface area contributed by atoms with E-state index < -0.39 is 96.6 Å². The number of rotatable bonds is 10. The maximum atomic E-state index is 13.6. The highest BCUT2D eigenvalue weighted by molar-refractivity contribution is 7.90. The first-order valence-corrected chi connectivity index (χ1v) is 25.7. The van der Waals surface area contributed by atoms with Crippen LogP contribution in [0.4, 0.5) is 26.3 Å². The molecular weight excluding hydrogens is 1050 g/mol. The molecular formula is C47H57Cl4F6N7O6S. The van der Waals surface area contributed by atoms with Gasteiger partial charge >= 0.3 is 6.18 Å². The van der Waals surface area contributed by atoms with Gasteiger partial charge in [-0.15, -0.1) is 0 Å². The van der Waals surface area contributed by atoms with E-state index >= 15 is 0 Å². The predicted octanol–water partition coefficient (Wildman–Crippen LogP) is 10.4. The third-order valence-corrected chi connectivity index (χ3v) is 16.1. The van der Waals surface area contributed by atoms with Gasteiger partial charge in [0.1, 0.15) is 24.6 Å². The number of nitrogens with one attached hydrogen (secondary N) is 2. The SMILES string of the molecule is CC(C)(C)S(=O)(=O)NC(c1cc(Cl)ccn1)C1(O)CCC(F)CC1.NC(c1cc(Cl)ccn1)C1(O)CCC(F)CC1.O=C(NC(c1cc(Cl)ccn1)C1(O)CCC(F)CC1)c1ccnc(C(F)(F)F)c1Cl. The van der Waals surface area contributed by atoms with Crippen molar-refractivity contribution in [1.82, 2.24) is 30.0 Å². The second-order valence-electron chi connectivity index (χ2n) is 19.1. The molecule has 0 radical (unpaired) electrons. The van der Waals surface area contributed by atoms with Gasteiger partial charge in [-0.2, -0.15) is 13.2 Å². The fraction of sp³-hybridized carbons (Fsp3) is 0.553. The lowest BCUT2D eigenvalue weighted by Crippen LogP contribution is -2.52. The summed E-state index contributed by atoms with van der Waals surface area (Å²) in [7, 11) is -3.75. The van der Waals surface area contributed by atoms with E-state index in [2.05, 4.69) is 30.0 Å². The van der Waals surface area contributed by atoms with Gasteiger partial charge in [0.15, 0.2) is 5.69 Å². The zero-order valence-corrected chi connectivity index (χ0v) is 42.8. The third kappa shape index (κ3) is 15.3. The molecule has 4 aromatic heterocycles. The molecule has 24 heteroatoms. The van der Waals surface area contributed by atoms with Crippen LogP contribution in [0.25, 0.3) is 0 Å². The Morgan fingerprint density at radius 3 is 1.42 bits per heavy atom. The zero-order chi connectivity index (χ0) is 52.7. The van der Waals surface area contributed by atoms with Crippen molar-refractivity contribution in [3.63, 3.8) is 0 Å². The normalized spacial score (nSPS) is 26.4. The number of nitrogens with two attached hydrogens (primary N) is 1. The monoisotopic (exact) mass is 1100 g/mol. The van der Waals surface area contributed by atoms with Crippen LogP contribution < -0.4 is 15.8 Å². The average molecular weight is 1100 g/mol. The van der Waals surface area contributed by atoms with Gasteiger partial charge < -0.3 is 26.4 Å². The lowest BCUT2D eigenvalue weighted by molar-refractivity contribution is -0.141. The van der Waals surface area contributed by atoms with Crippen molar-refractivity contribution in [2.45, 2.75) is 162 Å². The molecule has 1 amide bonds. The summed E-state index contributed by atoms with van der Waals surface area (Å²) < 4.78 is 106. The van der Waals surface area contributed by atoms with Crippen molar-refractivity contribution in [1.29, 1.82) is 0 Å². The first-order valence-electron chi connectivity index (χ1n) is 22.7. The number of carbonyl (C=O) groups is 1. The van der Waals surface area contributed by atoms with Crippen molar-refractivity contribution < 1.29 is 54.9 Å². The number of hydrogen-bond donors (Lipinski definition) is 6. The molecule has 0 aromatic carbocycles. The van der Waals surface area contributed by atoms with Gasteiger partial charge in [-0.05, 0) is 140 Å². The summed E-state index contributed by atoms with van der Waals surface area (Å²) in [5, 5.41) is 35.5. The largest absolute Gasteiger partial charge is 0.434 e. The molecule has 3 unspecified atom stereocenters. The van der Waals surface area contributed by atoms with Gasteiger partial charge in [-0.3, -0.25) is 24.7 Å². The Bertz CT molecular complexity index is 2540. The molecule has 13 nitrogen and oxygen atoms in total. The number of amides is 1. The number of nitrogens with zero attached hydrogens (tertiary/aromatic N) is 4. The van der Waals surface area contributed by atoms with Crippen LogP contribution in [0.2, 0.25) is 20.1 Å². The molecule has 0 spiro atoms. The molecule has 0 aliphatic heterocycles. The molecule has 4 aromatic rings. The van der Waals surface area contributed by atoms with Gasteiger partial charge in [-0.1, -0.05) is 46.4 Å². The Morgan fingerprint density at radius 2 is 1.01 bits per heavy atom. The van der Waals surface area contributed by atoms with Crippen LogP contribution >= 0.6 is 46.4 Å². The van der Waals surface area contributed by atoms with E-state index in [1.54, 1.807) is 45.2 Å². The summed E-state index contributed by atoms with van der Waals surface area (Å²) in [6.45, 7) is 4.71. The smallest absolute Gasteiger partial charge is 0.388 e. The van der Waals surface area contributed by atoms with Crippen molar-refractivity contribution in [3.05, 3.63) is 116 Å².